The van der Waals surface area contributed by atoms with Crippen LogP contribution in [0.4, 0.5) is 0 Å². The number of para-hydroxylation sites is 1. The molecule has 0 aliphatic heterocycles. The minimum atomic E-state index is -0.484. The number of ether oxygens (including phenoxy) is 1. The molecule has 2 aromatic rings. The molecule has 0 saturated heterocycles. The second-order valence-corrected chi connectivity index (χ2v) is 3.65. The summed E-state index contributed by atoms with van der Waals surface area (Å²) in [6.07, 6.45) is 0. The van der Waals surface area contributed by atoms with Crippen molar-refractivity contribution in [1.29, 1.82) is 0 Å². The van der Waals surface area contributed by atoms with Crippen LogP contribution in [0.2, 0.25) is 0 Å². The SMILES string of the molecule is CCOC(=O)c1cc(CO)n(-c2ccccc2)n1. The molecule has 5 nitrogen and oxygen atoms in total. The lowest BCUT2D eigenvalue weighted by molar-refractivity contribution is 0.0519. The molecule has 18 heavy (non-hydrogen) atoms. The summed E-state index contributed by atoms with van der Waals surface area (Å²) in [5, 5.41) is 13.4. The van der Waals surface area contributed by atoms with Gasteiger partial charge < -0.3 is 9.84 Å². The number of carbonyl (C=O) groups is 1. The predicted molar refractivity (Wildman–Crippen MR) is 65.4 cm³/mol. The van der Waals surface area contributed by atoms with Crippen molar-refractivity contribution in [2.45, 2.75) is 13.5 Å². The summed E-state index contributed by atoms with van der Waals surface area (Å²) < 4.78 is 6.41. The summed E-state index contributed by atoms with van der Waals surface area (Å²) in [6.45, 7) is 1.84. The van der Waals surface area contributed by atoms with Crippen LogP contribution < -0.4 is 0 Å². The fraction of sp³-hybridized carbons (Fsp3) is 0.231. The number of hydrogen-bond acceptors (Lipinski definition) is 4. The number of rotatable bonds is 4. The molecule has 2 rings (SSSR count). The van der Waals surface area contributed by atoms with E-state index in [4.69, 9.17) is 4.74 Å². The van der Waals surface area contributed by atoms with Gasteiger partial charge in [-0.25, -0.2) is 9.48 Å². The fourth-order valence-corrected chi connectivity index (χ4v) is 1.63. The maximum Gasteiger partial charge on any atom is 0.358 e. The predicted octanol–water partition coefficient (Wildman–Crippen LogP) is 1.54. The largest absolute Gasteiger partial charge is 0.461 e. The van der Waals surface area contributed by atoms with Gasteiger partial charge in [0.25, 0.3) is 0 Å². The molecule has 5 heteroatoms. The van der Waals surface area contributed by atoms with Gasteiger partial charge in [0.05, 0.1) is 24.6 Å². The van der Waals surface area contributed by atoms with Gasteiger partial charge in [-0.3, -0.25) is 0 Å². The highest BCUT2D eigenvalue weighted by atomic mass is 16.5. The quantitative estimate of drug-likeness (QED) is 0.831. The van der Waals surface area contributed by atoms with Crippen molar-refractivity contribution in [2.24, 2.45) is 0 Å². The Balaban J connectivity index is 2.39. The van der Waals surface area contributed by atoms with E-state index in [0.717, 1.165) is 5.69 Å². The summed E-state index contributed by atoms with van der Waals surface area (Å²) in [5.41, 5.74) is 1.53. The number of benzene rings is 1. The van der Waals surface area contributed by atoms with Crippen molar-refractivity contribution in [3.63, 3.8) is 0 Å². The van der Waals surface area contributed by atoms with Gasteiger partial charge in [-0.05, 0) is 25.1 Å². The number of hydrogen-bond donors (Lipinski definition) is 1. The van der Waals surface area contributed by atoms with E-state index in [1.807, 2.05) is 30.3 Å². The van der Waals surface area contributed by atoms with Crippen LogP contribution in [0.1, 0.15) is 23.1 Å². The molecule has 0 aliphatic rings. The number of aliphatic hydroxyl groups is 1. The van der Waals surface area contributed by atoms with Crippen LogP contribution in [-0.2, 0) is 11.3 Å². The van der Waals surface area contributed by atoms with E-state index in [9.17, 15) is 9.90 Å². The molecule has 0 aliphatic carbocycles. The summed E-state index contributed by atoms with van der Waals surface area (Å²) in [7, 11) is 0. The van der Waals surface area contributed by atoms with Crippen LogP contribution in [0.3, 0.4) is 0 Å². The molecule has 0 fully saturated rings. The van der Waals surface area contributed by atoms with Crippen molar-refractivity contribution in [3.8, 4) is 5.69 Å². The summed E-state index contributed by atoms with van der Waals surface area (Å²) in [6, 6.07) is 10.8. The van der Waals surface area contributed by atoms with E-state index < -0.39 is 5.97 Å². The van der Waals surface area contributed by atoms with Gasteiger partial charge in [0.15, 0.2) is 5.69 Å². The average molecular weight is 246 g/mol. The molecule has 1 N–H and O–H groups in total. The van der Waals surface area contributed by atoms with E-state index in [2.05, 4.69) is 5.10 Å². The Morgan fingerprint density at radius 2 is 2.11 bits per heavy atom. The maximum atomic E-state index is 11.6. The highest BCUT2D eigenvalue weighted by Gasteiger charge is 2.15. The van der Waals surface area contributed by atoms with Crippen molar-refractivity contribution < 1.29 is 14.6 Å². The Bertz CT molecular complexity index is 534. The lowest BCUT2D eigenvalue weighted by Crippen LogP contribution is -2.07. The summed E-state index contributed by atoms with van der Waals surface area (Å²) >= 11 is 0. The maximum absolute atomic E-state index is 11.6. The van der Waals surface area contributed by atoms with Crippen LogP contribution >= 0.6 is 0 Å². The molecule has 1 aromatic heterocycles. The summed E-state index contributed by atoms with van der Waals surface area (Å²) in [4.78, 5) is 11.6. The number of nitrogens with zero attached hydrogens (tertiary/aromatic N) is 2. The Kier molecular flexibility index (Phi) is 3.74. The Morgan fingerprint density at radius 1 is 1.39 bits per heavy atom. The van der Waals surface area contributed by atoms with Crippen LogP contribution in [0.5, 0.6) is 0 Å². The monoisotopic (exact) mass is 246 g/mol. The van der Waals surface area contributed by atoms with E-state index in [0.29, 0.717) is 12.3 Å². The van der Waals surface area contributed by atoms with E-state index >= 15 is 0 Å². The minimum absolute atomic E-state index is 0.193. The van der Waals surface area contributed by atoms with Gasteiger partial charge in [-0.15, -0.1) is 0 Å². The second-order valence-electron chi connectivity index (χ2n) is 3.65. The molecule has 0 unspecified atom stereocenters. The Labute approximate surface area is 105 Å². The molecular formula is C13H14N2O3. The Morgan fingerprint density at radius 3 is 2.72 bits per heavy atom. The van der Waals surface area contributed by atoms with E-state index in [1.165, 1.54) is 10.7 Å². The molecule has 1 heterocycles. The van der Waals surface area contributed by atoms with Gasteiger partial charge >= 0.3 is 5.97 Å². The first-order valence-corrected chi connectivity index (χ1v) is 5.68. The third-order valence-electron chi connectivity index (χ3n) is 2.43. The zero-order valence-corrected chi connectivity index (χ0v) is 10.0. The fourth-order valence-electron chi connectivity index (χ4n) is 1.63. The van der Waals surface area contributed by atoms with Crippen molar-refractivity contribution in [3.05, 3.63) is 47.8 Å². The third kappa shape index (κ3) is 2.41. The normalized spacial score (nSPS) is 10.3. The van der Waals surface area contributed by atoms with Crippen LogP contribution in [-0.4, -0.2) is 27.5 Å². The molecule has 94 valence electrons. The summed E-state index contributed by atoms with van der Waals surface area (Å²) in [5.74, 6) is -0.484. The minimum Gasteiger partial charge on any atom is -0.461 e. The number of esters is 1. The van der Waals surface area contributed by atoms with Crippen molar-refractivity contribution in [2.75, 3.05) is 6.61 Å². The topological polar surface area (TPSA) is 64.3 Å². The van der Waals surface area contributed by atoms with Crippen molar-refractivity contribution >= 4 is 5.97 Å². The first-order valence-electron chi connectivity index (χ1n) is 5.68. The third-order valence-corrected chi connectivity index (χ3v) is 2.43. The van der Waals surface area contributed by atoms with Crippen molar-refractivity contribution in [1.82, 2.24) is 9.78 Å². The highest BCUT2D eigenvalue weighted by Crippen LogP contribution is 2.13. The lowest BCUT2D eigenvalue weighted by atomic mass is 10.3. The molecule has 0 atom stereocenters. The standard InChI is InChI=1S/C13H14N2O3/c1-2-18-13(17)12-8-11(9-16)15(14-12)10-6-4-3-5-7-10/h3-8,16H,2,9H2,1H3. The number of aliphatic hydroxyl groups excluding tert-OH is 1. The van der Waals surface area contributed by atoms with Crippen LogP contribution in [0.15, 0.2) is 36.4 Å². The average Bonchev–Trinajstić information content (AvgIpc) is 2.84. The van der Waals surface area contributed by atoms with Crippen LogP contribution in [0, 0.1) is 0 Å². The zero-order valence-electron chi connectivity index (χ0n) is 10.0. The zero-order chi connectivity index (χ0) is 13.0. The lowest BCUT2D eigenvalue weighted by Gasteiger charge is -2.04. The molecular weight excluding hydrogens is 232 g/mol. The second kappa shape index (κ2) is 5.46. The van der Waals surface area contributed by atoms with Gasteiger partial charge in [-0.2, -0.15) is 5.10 Å². The molecule has 1 aromatic carbocycles. The first-order chi connectivity index (χ1) is 8.76. The van der Waals surface area contributed by atoms with Gasteiger partial charge in [-0.1, -0.05) is 18.2 Å². The van der Waals surface area contributed by atoms with Gasteiger partial charge in [0.2, 0.25) is 0 Å². The molecule has 0 amide bonds. The van der Waals surface area contributed by atoms with Gasteiger partial charge in [0, 0.05) is 0 Å². The number of aromatic nitrogens is 2. The van der Waals surface area contributed by atoms with E-state index in [-0.39, 0.29) is 12.3 Å². The van der Waals surface area contributed by atoms with E-state index in [1.54, 1.807) is 6.92 Å². The molecule has 0 spiro atoms. The smallest absolute Gasteiger partial charge is 0.358 e. The van der Waals surface area contributed by atoms with Gasteiger partial charge in [0.1, 0.15) is 0 Å². The molecule has 0 bridgehead atoms. The Hall–Kier alpha value is -2.14. The number of carbonyl (C=O) groups excluding carboxylic acids is 1. The molecule has 0 saturated carbocycles. The highest BCUT2D eigenvalue weighted by molar-refractivity contribution is 5.87. The molecule has 0 radical (unpaired) electrons. The van der Waals surface area contributed by atoms with Crippen LogP contribution in [0.25, 0.3) is 5.69 Å². The first kappa shape index (κ1) is 12.3.